The Morgan fingerprint density at radius 2 is 2.00 bits per heavy atom. The minimum atomic E-state index is 0.472. The minimum absolute atomic E-state index is 0.472. The van der Waals surface area contributed by atoms with E-state index in [0.717, 1.165) is 13.2 Å². The summed E-state index contributed by atoms with van der Waals surface area (Å²) in [4.78, 5) is 0. The lowest BCUT2D eigenvalue weighted by molar-refractivity contribution is 0.0942. The molecule has 1 aromatic rings. The Bertz CT molecular complexity index is 415. The number of benzene rings is 1. The Labute approximate surface area is 131 Å². The zero-order chi connectivity index (χ0) is 14.5. The third kappa shape index (κ3) is 4.06. The number of rotatable bonds is 7. The molecule has 20 heavy (non-hydrogen) atoms. The van der Waals surface area contributed by atoms with Gasteiger partial charge in [0.1, 0.15) is 0 Å². The van der Waals surface area contributed by atoms with Gasteiger partial charge in [0.05, 0.1) is 6.61 Å². The molecule has 2 nitrogen and oxygen atoms in total. The molecule has 1 aliphatic rings. The van der Waals surface area contributed by atoms with Gasteiger partial charge in [0.2, 0.25) is 0 Å². The number of halogens is 1. The second-order valence-corrected chi connectivity index (χ2v) is 6.92. The predicted octanol–water partition coefficient (Wildman–Crippen LogP) is 4.35. The zero-order valence-corrected chi connectivity index (χ0v) is 14.3. The van der Waals surface area contributed by atoms with E-state index in [1.807, 2.05) is 0 Å². The summed E-state index contributed by atoms with van der Waals surface area (Å²) < 4.78 is 6.84. The Kier molecular flexibility index (Phi) is 6.06. The lowest BCUT2D eigenvalue weighted by Crippen LogP contribution is -2.49. The summed E-state index contributed by atoms with van der Waals surface area (Å²) in [5.41, 5.74) is 1.46. The first-order chi connectivity index (χ1) is 9.61. The summed E-state index contributed by atoms with van der Waals surface area (Å²) in [6.45, 7) is 8.21. The Balaban J connectivity index is 1.82. The molecule has 0 saturated heterocycles. The van der Waals surface area contributed by atoms with Gasteiger partial charge in [-0.3, -0.25) is 0 Å². The maximum Gasteiger partial charge on any atom is 0.0622 e. The molecule has 1 atom stereocenters. The van der Waals surface area contributed by atoms with Crippen molar-refractivity contribution in [2.75, 3.05) is 13.2 Å². The molecule has 0 heterocycles. The fourth-order valence-electron chi connectivity index (χ4n) is 2.79. The Morgan fingerprint density at radius 3 is 2.60 bits per heavy atom. The first-order valence-electron chi connectivity index (χ1n) is 7.70. The van der Waals surface area contributed by atoms with Crippen molar-refractivity contribution in [3.05, 3.63) is 34.3 Å². The predicted molar refractivity (Wildman–Crippen MR) is 88.2 cm³/mol. The number of hydrogen-bond donors (Lipinski definition) is 1. The third-order valence-corrected chi connectivity index (χ3v) is 4.96. The van der Waals surface area contributed by atoms with E-state index >= 15 is 0 Å². The summed E-state index contributed by atoms with van der Waals surface area (Å²) in [5.74, 6) is 1.31. The molecule has 1 saturated carbocycles. The van der Waals surface area contributed by atoms with Crippen LogP contribution in [-0.2, 0) is 4.74 Å². The van der Waals surface area contributed by atoms with Gasteiger partial charge in [-0.1, -0.05) is 48.0 Å². The van der Waals surface area contributed by atoms with Crippen LogP contribution in [-0.4, -0.2) is 25.3 Å². The van der Waals surface area contributed by atoms with E-state index in [0.29, 0.717) is 23.9 Å². The SMILES string of the molecule is CCOCC(NC1CC(c2ccccc2Br)C1)C(C)C. The quantitative estimate of drug-likeness (QED) is 0.797. The smallest absolute Gasteiger partial charge is 0.0622 e. The van der Waals surface area contributed by atoms with E-state index in [-0.39, 0.29) is 0 Å². The van der Waals surface area contributed by atoms with E-state index in [2.05, 4.69) is 66.3 Å². The van der Waals surface area contributed by atoms with Gasteiger partial charge in [-0.2, -0.15) is 0 Å². The van der Waals surface area contributed by atoms with Crippen molar-refractivity contribution in [3.63, 3.8) is 0 Å². The normalized spacial score (nSPS) is 23.6. The minimum Gasteiger partial charge on any atom is -0.380 e. The van der Waals surface area contributed by atoms with Gasteiger partial charge in [0.25, 0.3) is 0 Å². The highest BCUT2D eigenvalue weighted by Crippen LogP contribution is 2.40. The number of ether oxygens (including phenoxy) is 1. The molecule has 0 bridgehead atoms. The van der Waals surface area contributed by atoms with Gasteiger partial charge in [-0.25, -0.2) is 0 Å². The van der Waals surface area contributed by atoms with Gasteiger partial charge in [-0.15, -0.1) is 0 Å². The van der Waals surface area contributed by atoms with E-state index in [9.17, 15) is 0 Å². The highest BCUT2D eigenvalue weighted by atomic mass is 79.9. The average molecular weight is 340 g/mol. The molecule has 1 fully saturated rings. The van der Waals surface area contributed by atoms with Crippen molar-refractivity contribution >= 4 is 15.9 Å². The van der Waals surface area contributed by atoms with Gasteiger partial charge in [0.15, 0.2) is 0 Å². The fourth-order valence-corrected chi connectivity index (χ4v) is 3.40. The van der Waals surface area contributed by atoms with Crippen LogP contribution in [0.2, 0.25) is 0 Å². The lowest BCUT2D eigenvalue weighted by Gasteiger charge is -2.40. The molecule has 0 aromatic heterocycles. The summed E-state index contributed by atoms with van der Waals surface area (Å²) in [5, 5.41) is 3.77. The molecule has 0 aliphatic heterocycles. The summed E-state index contributed by atoms with van der Waals surface area (Å²) >= 11 is 3.66. The zero-order valence-electron chi connectivity index (χ0n) is 12.7. The van der Waals surface area contributed by atoms with Crippen LogP contribution in [0.3, 0.4) is 0 Å². The first-order valence-corrected chi connectivity index (χ1v) is 8.49. The van der Waals surface area contributed by atoms with Crippen molar-refractivity contribution in [2.45, 2.75) is 51.6 Å². The highest BCUT2D eigenvalue weighted by molar-refractivity contribution is 9.10. The summed E-state index contributed by atoms with van der Waals surface area (Å²) in [7, 11) is 0. The van der Waals surface area contributed by atoms with Crippen molar-refractivity contribution in [3.8, 4) is 0 Å². The second kappa shape index (κ2) is 7.58. The lowest BCUT2D eigenvalue weighted by atomic mass is 9.75. The van der Waals surface area contributed by atoms with Crippen molar-refractivity contribution in [1.82, 2.24) is 5.32 Å². The molecule has 0 amide bonds. The van der Waals surface area contributed by atoms with Gasteiger partial charge >= 0.3 is 0 Å². The molecule has 1 aromatic carbocycles. The van der Waals surface area contributed by atoms with Crippen LogP contribution in [0.5, 0.6) is 0 Å². The van der Waals surface area contributed by atoms with Gasteiger partial charge in [-0.05, 0) is 43.2 Å². The standard InChI is InChI=1S/C17H26BrNO/c1-4-20-11-17(12(2)3)19-14-9-13(10-14)15-7-5-6-8-16(15)18/h5-8,12-14,17,19H,4,9-11H2,1-3H3. The van der Waals surface area contributed by atoms with E-state index in [1.54, 1.807) is 0 Å². The van der Waals surface area contributed by atoms with E-state index in [1.165, 1.54) is 22.9 Å². The maximum atomic E-state index is 5.59. The Hall–Kier alpha value is -0.380. The molecule has 112 valence electrons. The van der Waals surface area contributed by atoms with Crippen LogP contribution < -0.4 is 5.32 Å². The fraction of sp³-hybridized carbons (Fsp3) is 0.647. The molecular weight excluding hydrogens is 314 g/mol. The van der Waals surface area contributed by atoms with Crippen LogP contribution in [0, 0.1) is 5.92 Å². The molecule has 3 heteroatoms. The third-order valence-electron chi connectivity index (χ3n) is 4.24. The number of nitrogens with one attached hydrogen (secondary N) is 1. The largest absolute Gasteiger partial charge is 0.380 e. The van der Waals surface area contributed by atoms with Crippen molar-refractivity contribution in [1.29, 1.82) is 0 Å². The maximum absolute atomic E-state index is 5.59. The van der Waals surface area contributed by atoms with Gasteiger partial charge < -0.3 is 10.1 Å². The van der Waals surface area contributed by atoms with Crippen LogP contribution in [0.15, 0.2) is 28.7 Å². The molecular formula is C17H26BrNO. The van der Waals surface area contributed by atoms with Crippen LogP contribution in [0.4, 0.5) is 0 Å². The highest BCUT2D eigenvalue weighted by Gasteiger charge is 2.33. The van der Waals surface area contributed by atoms with E-state index in [4.69, 9.17) is 4.74 Å². The van der Waals surface area contributed by atoms with Crippen molar-refractivity contribution < 1.29 is 4.74 Å². The number of hydrogen-bond acceptors (Lipinski definition) is 2. The van der Waals surface area contributed by atoms with Crippen LogP contribution in [0.1, 0.15) is 45.1 Å². The topological polar surface area (TPSA) is 21.3 Å². The van der Waals surface area contributed by atoms with Crippen LogP contribution >= 0.6 is 15.9 Å². The molecule has 0 radical (unpaired) electrons. The summed E-state index contributed by atoms with van der Waals surface area (Å²) in [6.07, 6.45) is 2.47. The molecule has 1 N–H and O–H groups in total. The summed E-state index contributed by atoms with van der Waals surface area (Å²) in [6, 6.07) is 9.71. The van der Waals surface area contributed by atoms with Gasteiger partial charge in [0, 0.05) is 23.2 Å². The molecule has 0 spiro atoms. The monoisotopic (exact) mass is 339 g/mol. The van der Waals surface area contributed by atoms with Crippen molar-refractivity contribution in [2.24, 2.45) is 5.92 Å². The average Bonchev–Trinajstić information content (AvgIpc) is 2.37. The molecule has 2 rings (SSSR count). The van der Waals surface area contributed by atoms with Crippen LogP contribution in [0.25, 0.3) is 0 Å². The second-order valence-electron chi connectivity index (χ2n) is 6.06. The Morgan fingerprint density at radius 1 is 1.30 bits per heavy atom. The first kappa shape index (κ1) is 16.0. The molecule has 1 aliphatic carbocycles. The molecule has 1 unspecified atom stereocenters. The van der Waals surface area contributed by atoms with E-state index < -0.39 is 0 Å².